The van der Waals surface area contributed by atoms with Crippen molar-refractivity contribution in [2.45, 2.75) is 96.2 Å². The largest absolute Gasteiger partial charge is 0.444 e. The van der Waals surface area contributed by atoms with Crippen LogP contribution in [0.5, 0.6) is 0 Å². The lowest BCUT2D eigenvalue weighted by Gasteiger charge is -2.54. The SMILES string of the molecule is CC1CCC2(CN([C@H](C(=O)N3CCCC3)[C@@H](C)OCc3ccccc3)C2=O)N1C(=O)OC(C)(C)C. The van der Waals surface area contributed by atoms with Crippen LogP contribution in [-0.4, -0.2) is 81.6 Å². The van der Waals surface area contributed by atoms with Gasteiger partial charge in [-0.05, 0) is 65.9 Å². The quantitative estimate of drug-likeness (QED) is 0.576. The first-order chi connectivity index (χ1) is 16.5. The normalized spacial score (nSPS) is 26.1. The van der Waals surface area contributed by atoms with Gasteiger partial charge in [-0.15, -0.1) is 0 Å². The third kappa shape index (κ3) is 5.03. The molecule has 1 spiro atoms. The van der Waals surface area contributed by atoms with Gasteiger partial charge in [0.15, 0.2) is 0 Å². The number of amides is 3. The maximum Gasteiger partial charge on any atom is 0.411 e. The van der Waals surface area contributed by atoms with Crippen LogP contribution < -0.4 is 0 Å². The molecular weight excluding hydrogens is 446 g/mol. The molecule has 3 aliphatic rings. The van der Waals surface area contributed by atoms with Crippen LogP contribution in [0.15, 0.2) is 30.3 Å². The van der Waals surface area contributed by atoms with E-state index >= 15 is 0 Å². The molecule has 3 amide bonds. The maximum absolute atomic E-state index is 13.8. The smallest absolute Gasteiger partial charge is 0.411 e. The first-order valence-corrected chi connectivity index (χ1v) is 12.8. The summed E-state index contributed by atoms with van der Waals surface area (Å²) >= 11 is 0. The Balaban J connectivity index is 1.53. The topological polar surface area (TPSA) is 79.4 Å². The predicted molar refractivity (Wildman–Crippen MR) is 132 cm³/mol. The van der Waals surface area contributed by atoms with Gasteiger partial charge >= 0.3 is 6.09 Å². The molecule has 0 N–H and O–H groups in total. The Labute approximate surface area is 208 Å². The summed E-state index contributed by atoms with van der Waals surface area (Å²) in [5.74, 6) is -0.249. The van der Waals surface area contributed by atoms with E-state index in [0.717, 1.165) is 24.8 Å². The van der Waals surface area contributed by atoms with Crippen molar-refractivity contribution in [3.63, 3.8) is 0 Å². The summed E-state index contributed by atoms with van der Waals surface area (Å²) in [5.41, 5.74) is -0.579. The van der Waals surface area contributed by atoms with Crippen LogP contribution >= 0.6 is 0 Å². The fraction of sp³-hybridized carbons (Fsp3) is 0.667. The third-order valence-electron chi connectivity index (χ3n) is 7.37. The lowest BCUT2D eigenvalue weighted by Crippen LogP contribution is -2.77. The number of β-lactam (4-membered cyclic amide) rings is 1. The van der Waals surface area contributed by atoms with Crippen molar-refractivity contribution in [1.29, 1.82) is 0 Å². The van der Waals surface area contributed by atoms with Gasteiger partial charge in [-0.25, -0.2) is 4.79 Å². The van der Waals surface area contributed by atoms with Crippen LogP contribution in [0.2, 0.25) is 0 Å². The number of carbonyl (C=O) groups excluding carboxylic acids is 3. The predicted octanol–water partition coefficient (Wildman–Crippen LogP) is 3.58. The molecule has 0 radical (unpaired) electrons. The number of likely N-dealkylation sites (tertiary alicyclic amines) is 3. The average molecular weight is 486 g/mol. The van der Waals surface area contributed by atoms with Gasteiger partial charge in [0.05, 0.1) is 19.3 Å². The van der Waals surface area contributed by atoms with Crippen LogP contribution in [0.1, 0.15) is 65.9 Å². The number of rotatable bonds is 6. The fourth-order valence-electron chi connectivity index (χ4n) is 5.58. The molecule has 192 valence electrons. The summed E-state index contributed by atoms with van der Waals surface area (Å²) in [4.78, 5) is 45.6. The minimum absolute atomic E-state index is 0.0684. The first kappa shape index (κ1) is 25.5. The average Bonchev–Trinajstić information content (AvgIpc) is 3.46. The van der Waals surface area contributed by atoms with Crippen molar-refractivity contribution in [3.05, 3.63) is 35.9 Å². The zero-order valence-corrected chi connectivity index (χ0v) is 21.7. The summed E-state index contributed by atoms with van der Waals surface area (Å²) in [5, 5.41) is 0. The molecule has 8 heteroatoms. The lowest BCUT2D eigenvalue weighted by atomic mass is 9.83. The summed E-state index contributed by atoms with van der Waals surface area (Å²) in [6, 6.07) is 8.99. The second kappa shape index (κ2) is 9.80. The summed E-state index contributed by atoms with van der Waals surface area (Å²) in [6.45, 7) is 11.4. The van der Waals surface area contributed by atoms with Gasteiger partial charge in [-0.2, -0.15) is 0 Å². The van der Waals surface area contributed by atoms with Gasteiger partial charge < -0.3 is 19.3 Å². The highest BCUT2D eigenvalue weighted by Crippen LogP contribution is 2.44. The molecule has 3 aliphatic heterocycles. The molecule has 0 saturated carbocycles. The van der Waals surface area contributed by atoms with Crippen LogP contribution in [0.3, 0.4) is 0 Å². The van der Waals surface area contributed by atoms with Crippen molar-refractivity contribution < 1.29 is 23.9 Å². The molecule has 3 saturated heterocycles. The number of hydrogen-bond donors (Lipinski definition) is 0. The molecule has 0 bridgehead atoms. The van der Waals surface area contributed by atoms with Gasteiger partial charge in [-0.1, -0.05) is 30.3 Å². The standard InChI is InChI=1S/C27H39N3O5/c1-19-13-14-27(30(19)25(33)35-26(3,4)5)18-29(24(27)32)22(23(31)28-15-9-10-16-28)20(2)34-17-21-11-7-6-8-12-21/h6-8,11-12,19-20,22H,9-10,13-18H2,1-5H3/t19?,20-,22+,27?/m1/s1. The van der Waals surface area contributed by atoms with Crippen molar-refractivity contribution >= 4 is 17.9 Å². The second-order valence-corrected chi connectivity index (χ2v) is 11.2. The summed E-state index contributed by atoms with van der Waals surface area (Å²) < 4.78 is 11.8. The van der Waals surface area contributed by atoms with Crippen LogP contribution in [0.25, 0.3) is 0 Å². The zero-order valence-electron chi connectivity index (χ0n) is 21.7. The first-order valence-electron chi connectivity index (χ1n) is 12.8. The minimum atomic E-state index is -0.940. The lowest BCUT2D eigenvalue weighted by molar-refractivity contribution is -0.177. The highest BCUT2D eigenvalue weighted by molar-refractivity contribution is 6.00. The molecule has 4 atom stereocenters. The van der Waals surface area contributed by atoms with E-state index in [0.29, 0.717) is 32.7 Å². The molecule has 1 aromatic rings. The Morgan fingerprint density at radius 1 is 1.14 bits per heavy atom. The number of nitrogens with zero attached hydrogens (tertiary/aromatic N) is 3. The number of hydrogen-bond acceptors (Lipinski definition) is 5. The van der Waals surface area contributed by atoms with Crippen LogP contribution in [0.4, 0.5) is 4.79 Å². The van der Waals surface area contributed by atoms with Crippen molar-refractivity contribution in [1.82, 2.24) is 14.7 Å². The van der Waals surface area contributed by atoms with Gasteiger partial charge in [0.1, 0.15) is 17.2 Å². The number of benzene rings is 1. The molecule has 1 aromatic carbocycles. The van der Waals surface area contributed by atoms with Crippen molar-refractivity contribution in [2.75, 3.05) is 19.6 Å². The van der Waals surface area contributed by atoms with E-state index in [2.05, 4.69) is 0 Å². The molecule has 3 heterocycles. The molecule has 8 nitrogen and oxygen atoms in total. The number of carbonyl (C=O) groups is 3. The molecule has 0 aromatic heterocycles. The van der Waals surface area contributed by atoms with E-state index in [9.17, 15) is 14.4 Å². The Hall–Kier alpha value is -2.61. The van der Waals surface area contributed by atoms with E-state index in [4.69, 9.17) is 9.47 Å². The molecule has 3 fully saturated rings. The maximum atomic E-state index is 13.8. The summed E-state index contributed by atoms with van der Waals surface area (Å²) in [7, 11) is 0. The summed E-state index contributed by atoms with van der Waals surface area (Å²) in [6.07, 6.45) is 2.29. The molecule has 4 rings (SSSR count). The van der Waals surface area contributed by atoms with E-state index in [-0.39, 0.29) is 17.9 Å². The van der Waals surface area contributed by atoms with Gasteiger partial charge in [-0.3, -0.25) is 14.5 Å². The zero-order chi connectivity index (χ0) is 25.4. The molecule has 0 aliphatic carbocycles. The van der Waals surface area contributed by atoms with E-state index in [1.54, 1.807) is 9.80 Å². The minimum Gasteiger partial charge on any atom is -0.444 e. The Kier molecular flexibility index (Phi) is 7.13. The van der Waals surface area contributed by atoms with E-state index in [1.165, 1.54) is 0 Å². The molecule has 35 heavy (non-hydrogen) atoms. The molecular formula is C27H39N3O5. The fourth-order valence-corrected chi connectivity index (χ4v) is 5.58. The number of ether oxygens (including phenoxy) is 2. The monoisotopic (exact) mass is 485 g/mol. The Bertz CT molecular complexity index is 940. The third-order valence-corrected chi connectivity index (χ3v) is 7.37. The van der Waals surface area contributed by atoms with Gasteiger partial charge in [0, 0.05) is 19.1 Å². The highest BCUT2D eigenvalue weighted by Gasteiger charge is 2.65. The van der Waals surface area contributed by atoms with Crippen molar-refractivity contribution in [3.8, 4) is 0 Å². The van der Waals surface area contributed by atoms with Crippen LogP contribution in [-0.2, 0) is 25.7 Å². The van der Waals surface area contributed by atoms with Crippen LogP contribution in [0, 0.1) is 0 Å². The highest BCUT2D eigenvalue weighted by atomic mass is 16.6. The van der Waals surface area contributed by atoms with E-state index in [1.807, 2.05) is 69.9 Å². The molecule has 2 unspecified atom stereocenters. The Morgan fingerprint density at radius 2 is 1.80 bits per heavy atom. The Morgan fingerprint density at radius 3 is 2.40 bits per heavy atom. The van der Waals surface area contributed by atoms with Gasteiger partial charge in [0.2, 0.25) is 5.91 Å². The van der Waals surface area contributed by atoms with Gasteiger partial charge in [0.25, 0.3) is 5.91 Å². The second-order valence-electron chi connectivity index (χ2n) is 11.2. The van der Waals surface area contributed by atoms with Crippen molar-refractivity contribution in [2.24, 2.45) is 0 Å². The van der Waals surface area contributed by atoms with E-state index < -0.39 is 29.4 Å².